The maximum absolute atomic E-state index is 13.9. The molecule has 2 aromatic heterocycles. The summed E-state index contributed by atoms with van der Waals surface area (Å²) in [6, 6.07) is 12.7. The Kier molecular flexibility index (Phi) is 6.62. The van der Waals surface area contributed by atoms with Crippen molar-refractivity contribution in [1.82, 2.24) is 19.1 Å². The first-order chi connectivity index (χ1) is 19.5. The van der Waals surface area contributed by atoms with E-state index in [1.165, 1.54) is 24.4 Å². The van der Waals surface area contributed by atoms with E-state index < -0.39 is 39.5 Å². The van der Waals surface area contributed by atoms with Crippen LogP contribution in [0.3, 0.4) is 0 Å². The number of pyridine rings is 1. The van der Waals surface area contributed by atoms with Gasteiger partial charge in [0.2, 0.25) is 10.0 Å². The SMILES string of the molecule is O=C(c1ccccn1)[C@@H]1C2Cc3cnn(-c4ccc(F)cc4)c3C=C2CCN1S(=O)(=O)c1ccc(C(F)(F)F)cc1. The molecule has 6 rings (SSSR count). The van der Waals surface area contributed by atoms with E-state index in [-0.39, 0.29) is 23.0 Å². The van der Waals surface area contributed by atoms with Crippen LogP contribution in [0.15, 0.2) is 89.6 Å². The lowest BCUT2D eigenvalue weighted by Crippen LogP contribution is -2.54. The Morgan fingerprint density at radius 1 is 0.976 bits per heavy atom. The van der Waals surface area contributed by atoms with Crippen LogP contribution in [0.1, 0.15) is 33.7 Å². The van der Waals surface area contributed by atoms with Crippen molar-refractivity contribution in [2.45, 2.75) is 30.0 Å². The molecule has 210 valence electrons. The third-order valence-corrected chi connectivity index (χ3v) is 9.38. The summed E-state index contributed by atoms with van der Waals surface area (Å²) in [6.07, 6.45) is 0.934. The van der Waals surface area contributed by atoms with Gasteiger partial charge in [0.1, 0.15) is 11.5 Å². The van der Waals surface area contributed by atoms with Crippen molar-refractivity contribution in [1.29, 1.82) is 0 Å². The number of alkyl halides is 3. The fourth-order valence-corrected chi connectivity index (χ4v) is 7.11. The highest BCUT2D eigenvalue weighted by atomic mass is 32.2. The molecule has 12 heteroatoms. The predicted octanol–water partition coefficient (Wildman–Crippen LogP) is 5.33. The van der Waals surface area contributed by atoms with E-state index in [9.17, 15) is 30.8 Å². The molecule has 0 saturated carbocycles. The van der Waals surface area contributed by atoms with Crippen LogP contribution in [-0.4, -0.2) is 45.9 Å². The van der Waals surface area contributed by atoms with Gasteiger partial charge in [-0.1, -0.05) is 11.6 Å². The summed E-state index contributed by atoms with van der Waals surface area (Å²) < 4.78 is 83.3. The molecule has 2 aliphatic rings. The molecule has 0 N–H and O–H groups in total. The molecule has 1 aliphatic heterocycles. The second-order valence-electron chi connectivity index (χ2n) is 9.89. The summed E-state index contributed by atoms with van der Waals surface area (Å²) in [7, 11) is -4.36. The number of carbonyl (C=O) groups is 1. The standard InChI is InChI=1S/C29H22F4N4O3S/c30-21-6-8-22(9-7-21)37-26-16-18-12-14-36(41(39,40)23-10-4-20(5-11-23)29(31,32)33)27(24(18)15-19(26)17-35-37)28(38)25-3-1-2-13-34-25/h1-11,13,16-17,24,27H,12,14-15H2/t24?,27-/m0/s1. The molecule has 0 radical (unpaired) electrons. The quantitative estimate of drug-likeness (QED) is 0.235. The number of piperidine rings is 1. The smallest absolute Gasteiger partial charge is 0.291 e. The third-order valence-electron chi connectivity index (χ3n) is 7.48. The van der Waals surface area contributed by atoms with E-state index in [2.05, 4.69) is 10.1 Å². The molecule has 1 fully saturated rings. The van der Waals surface area contributed by atoms with Crippen LogP contribution in [0.4, 0.5) is 17.6 Å². The monoisotopic (exact) mass is 582 g/mol. The molecule has 2 atom stereocenters. The van der Waals surface area contributed by atoms with Crippen molar-refractivity contribution in [2.24, 2.45) is 5.92 Å². The fraction of sp³-hybridized carbons (Fsp3) is 0.207. The molecule has 7 nitrogen and oxygen atoms in total. The van der Waals surface area contributed by atoms with Crippen LogP contribution in [0.2, 0.25) is 0 Å². The lowest BCUT2D eigenvalue weighted by Gasteiger charge is -2.42. The number of hydrogen-bond acceptors (Lipinski definition) is 5. The van der Waals surface area contributed by atoms with E-state index in [0.29, 0.717) is 30.7 Å². The summed E-state index contributed by atoms with van der Waals surface area (Å²) >= 11 is 0. The highest BCUT2D eigenvalue weighted by Crippen LogP contribution is 2.41. The van der Waals surface area contributed by atoms with E-state index >= 15 is 0 Å². The predicted molar refractivity (Wildman–Crippen MR) is 141 cm³/mol. The second kappa shape index (κ2) is 10.0. The molecular formula is C29H22F4N4O3S. The molecule has 41 heavy (non-hydrogen) atoms. The summed E-state index contributed by atoms with van der Waals surface area (Å²) in [5.74, 6) is -1.45. The van der Waals surface area contributed by atoms with Crippen LogP contribution < -0.4 is 0 Å². The first-order valence-corrected chi connectivity index (χ1v) is 14.2. The van der Waals surface area contributed by atoms with Crippen molar-refractivity contribution in [3.63, 3.8) is 0 Å². The topological polar surface area (TPSA) is 85.2 Å². The maximum Gasteiger partial charge on any atom is 0.416 e. The van der Waals surface area contributed by atoms with Crippen molar-refractivity contribution < 1.29 is 30.8 Å². The van der Waals surface area contributed by atoms with E-state index in [1.54, 1.807) is 35.1 Å². The van der Waals surface area contributed by atoms with E-state index in [0.717, 1.165) is 33.3 Å². The van der Waals surface area contributed by atoms with Gasteiger partial charge in [-0.05, 0) is 85.1 Å². The van der Waals surface area contributed by atoms with Gasteiger partial charge in [0.05, 0.1) is 34.1 Å². The molecule has 4 aromatic rings. The first-order valence-electron chi connectivity index (χ1n) is 12.7. The Balaban J connectivity index is 1.41. The largest absolute Gasteiger partial charge is 0.416 e. The van der Waals surface area contributed by atoms with Crippen molar-refractivity contribution in [3.8, 4) is 5.69 Å². The number of fused-ring (bicyclic) bond motifs is 2. The molecule has 1 unspecified atom stereocenters. The normalized spacial score (nSPS) is 19.3. The highest BCUT2D eigenvalue weighted by Gasteiger charge is 2.47. The van der Waals surface area contributed by atoms with Gasteiger partial charge in [0, 0.05) is 18.7 Å². The molecular weight excluding hydrogens is 560 g/mol. The average molecular weight is 583 g/mol. The minimum atomic E-state index is -4.62. The van der Waals surface area contributed by atoms with E-state index in [4.69, 9.17) is 0 Å². The minimum Gasteiger partial charge on any atom is -0.291 e. The lowest BCUT2D eigenvalue weighted by atomic mass is 9.76. The molecule has 2 aromatic carbocycles. The number of benzene rings is 2. The molecule has 0 amide bonds. The Hall–Kier alpha value is -4.16. The van der Waals surface area contributed by atoms with Crippen molar-refractivity contribution >= 4 is 21.9 Å². The number of hydrogen-bond donors (Lipinski definition) is 0. The number of ketones is 1. The van der Waals surface area contributed by atoms with Gasteiger partial charge in [-0.25, -0.2) is 17.5 Å². The van der Waals surface area contributed by atoms with Gasteiger partial charge in [0.15, 0.2) is 5.78 Å². The number of halogens is 4. The van der Waals surface area contributed by atoms with Gasteiger partial charge in [0.25, 0.3) is 0 Å². The number of aromatic nitrogens is 3. The third kappa shape index (κ3) is 4.87. The average Bonchev–Trinajstić information content (AvgIpc) is 3.38. The van der Waals surface area contributed by atoms with Gasteiger partial charge in [-0.2, -0.15) is 22.6 Å². The zero-order chi connectivity index (χ0) is 28.9. The number of nitrogens with zero attached hydrogens (tertiary/aromatic N) is 4. The first kappa shape index (κ1) is 27.0. The van der Waals surface area contributed by atoms with Crippen LogP contribution in [0.5, 0.6) is 0 Å². The number of carbonyl (C=O) groups excluding carboxylic acids is 1. The van der Waals surface area contributed by atoms with Crippen LogP contribution in [0, 0.1) is 11.7 Å². The molecule has 1 saturated heterocycles. The van der Waals surface area contributed by atoms with Gasteiger partial charge >= 0.3 is 6.18 Å². The minimum absolute atomic E-state index is 0.0606. The van der Waals surface area contributed by atoms with Crippen molar-refractivity contribution in [2.75, 3.05) is 6.54 Å². The summed E-state index contributed by atoms with van der Waals surface area (Å²) in [6.45, 7) is -0.0606. The Bertz CT molecular complexity index is 1750. The molecule has 3 heterocycles. The zero-order valence-electron chi connectivity index (χ0n) is 21.3. The fourth-order valence-electron chi connectivity index (χ4n) is 5.49. The van der Waals surface area contributed by atoms with Gasteiger partial charge < -0.3 is 0 Å². The molecule has 1 aliphatic carbocycles. The van der Waals surface area contributed by atoms with Crippen LogP contribution in [-0.2, 0) is 22.6 Å². The number of Topliss-reactive ketones (excluding diaryl/α,β-unsaturated/α-hetero) is 1. The Morgan fingerprint density at radius 3 is 2.37 bits per heavy atom. The zero-order valence-corrected chi connectivity index (χ0v) is 22.1. The van der Waals surface area contributed by atoms with Crippen LogP contribution in [0.25, 0.3) is 11.8 Å². The van der Waals surface area contributed by atoms with E-state index in [1.807, 2.05) is 6.08 Å². The van der Waals surface area contributed by atoms with Crippen molar-refractivity contribution in [3.05, 3.63) is 113 Å². The summed E-state index contributed by atoms with van der Waals surface area (Å²) in [5.41, 5.74) is 2.13. The molecule has 0 bridgehead atoms. The molecule has 0 spiro atoms. The highest BCUT2D eigenvalue weighted by molar-refractivity contribution is 7.89. The number of rotatable bonds is 5. The van der Waals surface area contributed by atoms with Gasteiger partial charge in [-0.15, -0.1) is 0 Å². The maximum atomic E-state index is 13.9. The Labute approximate surface area is 232 Å². The summed E-state index contributed by atoms with van der Waals surface area (Å²) in [5, 5.41) is 4.46. The lowest BCUT2D eigenvalue weighted by molar-refractivity contribution is -0.137. The second-order valence-corrected chi connectivity index (χ2v) is 11.8. The van der Waals surface area contributed by atoms with Crippen LogP contribution >= 0.6 is 0 Å². The summed E-state index contributed by atoms with van der Waals surface area (Å²) in [4.78, 5) is 17.7. The Morgan fingerprint density at radius 2 is 1.71 bits per heavy atom. The number of sulfonamides is 1. The van der Waals surface area contributed by atoms with Gasteiger partial charge in [-0.3, -0.25) is 9.78 Å².